The van der Waals surface area contributed by atoms with Crippen LogP contribution in [0.5, 0.6) is 5.75 Å². The van der Waals surface area contributed by atoms with Crippen molar-refractivity contribution in [2.75, 3.05) is 13.2 Å². The lowest BCUT2D eigenvalue weighted by Crippen LogP contribution is -2.32. The van der Waals surface area contributed by atoms with Crippen LogP contribution in [0.3, 0.4) is 0 Å². The first kappa shape index (κ1) is 19.3. The van der Waals surface area contributed by atoms with Gasteiger partial charge in [-0.2, -0.15) is 0 Å². The third-order valence-electron chi connectivity index (χ3n) is 2.62. The number of nitro groups is 1. The third kappa shape index (κ3) is 7.01. The highest BCUT2D eigenvalue weighted by molar-refractivity contribution is 5.67. The molecule has 0 radical (unpaired) electrons. The molecule has 0 saturated heterocycles. The first-order valence-corrected chi connectivity index (χ1v) is 7.60. The standard InChI is InChI=1S/C17H22N2O5/c1-5-23-15-10-9-14(19(21)22)12-13(15)8-6-7-11-18-16(20)24-17(2,3)4/h9-10,12H,5,7,11H2,1-4H3,(H,18,20). The molecule has 0 spiro atoms. The Labute approximate surface area is 141 Å². The van der Waals surface area contributed by atoms with Gasteiger partial charge in [0.05, 0.1) is 17.1 Å². The molecule has 0 aliphatic rings. The molecule has 7 nitrogen and oxygen atoms in total. The molecule has 7 heteroatoms. The minimum atomic E-state index is -0.550. The molecular weight excluding hydrogens is 312 g/mol. The topological polar surface area (TPSA) is 90.7 Å². The molecule has 0 atom stereocenters. The van der Waals surface area contributed by atoms with Crippen molar-refractivity contribution in [2.24, 2.45) is 0 Å². The summed E-state index contributed by atoms with van der Waals surface area (Å²) in [5, 5.41) is 13.4. The van der Waals surface area contributed by atoms with Crippen LogP contribution >= 0.6 is 0 Å². The van der Waals surface area contributed by atoms with Crippen LogP contribution in [-0.2, 0) is 4.74 Å². The maximum absolute atomic E-state index is 11.5. The summed E-state index contributed by atoms with van der Waals surface area (Å²) in [6.45, 7) is 7.93. The number of hydrogen-bond acceptors (Lipinski definition) is 5. The average molecular weight is 334 g/mol. The summed E-state index contributed by atoms with van der Waals surface area (Å²) < 4.78 is 10.5. The van der Waals surface area contributed by atoms with E-state index in [1.807, 2.05) is 6.92 Å². The Balaban J connectivity index is 2.66. The number of alkyl carbamates (subject to hydrolysis) is 1. The van der Waals surface area contributed by atoms with Gasteiger partial charge in [0.1, 0.15) is 11.4 Å². The van der Waals surface area contributed by atoms with Crippen LogP contribution in [0.2, 0.25) is 0 Å². The Morgan fingerprint density at radius 3 is 2.67 bits per heavy atom. The fourth-order valence-corrected chi connectivity index (χ4v) is 1.71. The van der Waals surface area contributed by atoms with E-state index < -0.39 is 16.6 Å². The zero-order valence-electron chi connectivity index (χ0n) is 14.3. The van der Waals surface area contributed by atoms with E-state index in [-0.39, 0.29) is 5.69 Å². The second kappa shape index (κ2) is 8.77. The van der Waals surface area contributed by atoms with Gasteiger partial charge < -0.3 is 14.8 Å². The van der Waals surface area contributed by atoms with Gasteiger partial charge in [0, 0.05) is 25.1 Å². The predicted octanol–water partition coefficient (Wildman–Crippen LogP) is 3.26. The zero-order valence-corrected chi connectivity index (χ0v) is 14.3. The lowest BCUT2D eigenvalue weighted by molar-refractivity contribution is -0.384. The van der Waals surface area contributed by atoms with Gasteiger partial charge in [-0.1, -0.05) is 11.8 Å². The Morgan fingerprint density at radius 2 is 2.08 bits per heavy atom. The van der Waals surface area contributed by atoms with Crippen molar-refractivity contribution in [2.45, 2.75) is 39.7 Å². The van der Waals surface area contributed by atoms with E-state index in [9.17, 15) is 14.9 Å². The minimum Gasteiger partial charge on any atom is -0.493 e. The van der Waals surface area contributed by atoms with Crippen molar-refractivity contribution in [1.29, 1.82) is 0 Å². The molecule has 1 N–H and O–H groups in total. The van der Waals surface area contributed by atoms with Crippen molar-refractivity contribution < 1.29 is 19.2 Å². The first-order chi connectivity index (χ1) is 11.2. The lowest BCUT2D eigenvalue weighted by Gasteiger charge is -2.19. The molecule has 0 fully saturated rings. The predicted molar refractivity (Wildman–Crippen MR) is 90.0 cm³/mol. The number of carbonyl (C=O) groups excluding carboxylic acids is 1. The number of nitrogens with zero attached hydrogens (tertiary/aromatic N) is 1. The van der Waals surface area contributed by atoms with Crippen LogP contribution in [0.1, 0.15) is 39.7 Å². The summed E-state index contributed by atoms with van der Waals surface area (Å²) in [4.78, 5) is 21.8. The number of hydrogen-bond donors (Lipinski definition) is 1. The van der Waals surface area contributed by atoms with Gasteiger partial charge in [-0.25, -0.2) is 4.79 Å². The second-order valence-electron chi connectivity index (χ2n) is 5.85. The highest BCUT2D eigenvalue weighted by atomic mass is 16.6. The number of amides is 1. The molecule has 0 bridgehead atoms. The SMILES string of the molecule is CCOc1ccc([N+](=O)[O-])cc1C#CCCNC(=O)OC(C)(C)C. The van der Waals surface area contributed by atoms with Crippen molar-refractivity contribution in [1.82, 2.24) is 5.32 Å². The Morgan fingerprint density at radius 1 is 1.38 bits per heavy atom. The maximum Gasteiger partial charge on any atom is 0.407 e. The molecule has 1 aromatic carbocycles. The number of nitro benzene ring substituents is 1. The van der Waals surface area contributed by atoms with E-state index in [1.165, 1.54) is 18.2 Å². The highest BCUT2D eigenvalue weighted by Gasteiger charge is 2.15. The van der Waals surface area contributed by atoms with Crippen LogP contribution in [0.4, 0.5) is 10.5 Å². The molecule has 0 heterocycles. The van der Waals surface area contributed by atoms with Crippen molar-refractivity contribution in [3.63, 3.8) is 0 Å². The Bertz CT molecular complexity index is 653. The highest BCUT2D eigenvalue weighted by Crippen LogP contribution is 2.23. The zero-order chi connectivity index (χ0) is 18.2. The molecule has 1 rings (SSSR count). The van der Waals surface area contributed by atoms with Gasteiger partial charge >= 0.3 is 6.09 Å². The third-order valence-corrected chi connectivity index (χ3v) is 2.62. The molecule has 0 aliphatic carbocycles. The minimum absolute atomic E-state index is 0.0466. The second-order valence-corrected chi connectivity index (χ2v) is 5.85. The van der Waals surface area contributed by atoms with Crippen molar-refractivity contribution >= 4 is 11.8 Å². The van der Waals surface area contributed by atoms with Crippen LogP contribution < -0.4 is 10.1 Å². The molecule has 24 heavy (non-hydrogen) atoms. The molecule has 130 valence electrons. The van der Waals surface area contributed by atoms with E-state index >= 15 is 0 Å². The average Bonchev–Trinajstić information content (AvgIpc) is 2.46. The summed E-state index contributed by atoms with van der Waals surface area (Å²) in [6, 6.07) is 4.28. The number of carbonyl (C=O) groups is 1. The van der Waals surface area contributed by atoms with E-state index in [0.717, 1.165) is 0 Å². The number of rotatable bonds is 5. The smallest absolute Gasteiger partial charge is 0.407 e. The van der Waals surface area contributed by atoms with Crippen LogP contribution in [0.25, 0.3) is 0 Å². The molecule has 0 saturated carbocycles. The van der Waals surface area contributed by atoms with E-state index in [2.05, 4.69) is 17.2 Å². The monoisotopic (exact) mass is 334 g/mol. The van der Waals surface area contributed by atoms with Crippen molar-refractivity contribution in [3.05, 3.63) is 33.9 Å². The van der Waals surface area contributed by atoms with Gasteiger partial charge in [0.15, 0.2) is 0 Å². The fraction of sp³-hybridized carbons (Fsp3) is 0.471. The van der Waals surface area contributed by atoms with Gasteiger partial charge in [0.2, 0.25) is 0 Å². The lowest BCUT2D eigenvalue weighted by atomic mass is 10.1. The van der Waals surface area contributed by atoms with Crippen LogP contribution in [-0.4, -0.2) is 29.8 Å². The molecule has 0 unspecified atom stereocenters. The summed E-state index contributed by atoms with van der Waals surface area (Å²) in [5.41, 5.74) is -0.150. The molecular formula is C17H22N2O5. The molecule has 0 aliphatic heterocycles. The van der Waals surface area contributed by atoms with E-state index in [0.29, 0.717) is 30.9 Å². The normalized spacial score (nSPS) is 10.3. The maximum atomic E-state index is 11.5. The summed E-state index contributed by atoms with van der Waals surface area (Å²) >= 11 is 0. The van der Waals surface area contributed by atoms with Gasteiger partial charge in [-0.15, -0.1) is 0 Å². The molecule has 0 aromatic heterocycles. The van der Waals surface area contributed by atoms with E-state index in [4.69, 9.17) is 9.47 Å². The largest absolute Gasteiger partial charge is 0.493 e. The molecule has 1 aromatic rings. The number of non-ortho nitro benzene ring substituents is 1. The van der Waals surface area contributed by atoms with Crippen molar-refractivity contribution in [3.8, 4) is 17.6 Å². The summed E-state index contributed by atoms with van der Waals surface area (Å²) in [5.74, 6) is 6.20. The quantitative estimate of drug-likeness (QED) is 0.386. The number of benzene rings is 1. The molecule has 1 amide bonds. The van der Waals surface area contributed by atoms with Gasteiger partial charge in [0.25, 0.3) is 5.69 Å². The Hall–Kier alpha value is -2.75. The van der Waals surface area contributed by atoms with E-state index in [1.54, 1.807) is 20.8 Å². The first-order valence-electron chi connectivity index (χ1n) is 7.60. The summed E-state index contributed by atoms with van der Waals surface area (Å²) in [7, 11) is 0. The van der Waals surface area contributed by atoms with Gasteiger partial charge in [-0.3, -0.25) is 10.1 Å². The number of ether oxygens (including phenoxy) is 2. The number of nitrogens with one attached hydrogen (secondary N) is 1. The van der Waals surface area contributed by atoms with Gasteiger partial charge in [-0.05, 0) is 33.8 Å². The summed E-state index contributed by atoms with van der Waals surface area (Å²) in [6.07, 6.45) is -0.123. The van der Waals surface area contributed by atoms with Crippen LogP contribution in [0.15, 0.2) is 18.2 Å². The fourth-order valence-electron chi connectivity index (χ4n) is 1.71. The van der Waals surface area contributed by atoms with Crippen LogP contribution in [0, 0.1) is 22.0 Å². The Kier molecular flexibility index (Phi) is 7.05.